The first-order valence-corrected chi connectivity index (χ1v) is 21.2. The van der Waals surface area contributed by atoms with E-state index in [1.165, 1.54) is 69.8 Å². The molecule has 0 bridgehead atoms. The fourth-order valence-electron chi connectivity index (χ4n) is 10.2. The van der Waals surface area contributed by atoms with Gasteiger partial charge >= 0.3 is 0 Å². The Morgan fingerprint density at radius 1 is 0.649 bits per heavy atom. The molecule has 5 aromatic carbocycles. The molecule has 2 aliphatic heterocycles. The molecule has 1 saturated heterocycles. The van der Waals surface area contributed by atoms with Gasteiger partial charge in [-0.15, -0.1) is 11.3 Å². The molecule has 278 valence electrons. The van der Waals surface area contributed by atoms with E-state index >= 15 is 0 Å². The first kappa shape index (κ1) is 33.4. The Bertz CT molecular complexity index is 2990. The molecule has 6 unspecified atom stereocenters. The van der Waals surface area contributed by atoms with Crippen LogP contribution in [0.1, 0.15) is 42.5 Å². The maximum Gasteiger partial charge on any atom is 0.137 e. The van der Waals surface area contributed by atoms with Crippen LogP contribution >= 0.6 is 11.3 Å². The zero-order valence-electron chi connectivity index (χ0n) is 31.4. The van der Waals surface area contributed by atoms with Crippen LogP contribution in [0.3, 0.4) is 0 Å². The van der Waals surface area contributed by atoms with Gasteiger partial charge in [0.05, 0.1) is 35.6 Å². The van der Waals surface area contributed by atoms with Gasteiger partial charge in [-0.1, -0.05) is 140 Å². The molecule has 4 heterocycles. The third-order valence-corrected chi connectivity index (χ3v) is 14.0. The Morgan fingerprint density at radius 3 is 2.33 bits per heavy atom. The Kier molecular flexibility index (Phi) is 7.87. The zero-order valence-corrected chi connectivity index (χ0v) is 32.3. The number of thiophene rings is 1. The molecule has 3 N–H and O–H groups in total. The van der Waals surface area contributed by atoms with Crippen LogP contribution in [0.2, 0.25) is 0 Å². The van der Waals surface area contributed by atoms with Crippen molar-refractivity contribution in [3.63, 3.8) is 0 Å². The molecule has 5 aliphatic rings. The predicted octanol–water partition coefficient (Wildman–Crippen LogP) is 10.2. The van der Waals surface area contributed by atoms with Crippen molar-refractivity contribution in [1.29, 1.82) is 0 Å². The molecule has 0 spiro atoms. The van der Waals surface area contributed by atoms with Crippen LogP contribution in [0.5, 0.6) is 0 Å². The second-order valence-electron chi connectivity index (χ2n) is 15.9. The number of rotatable bonds is 5. The smallest absolute Gasteiger partial charge is 0.137 e. The van der Waals surface area contributed by atoms with Crippen LogP contribution in [0.15, 0.2) is 162 Å². The molecular formula is C51H42N4OS. The van der Waals surface area contributed by atoms with Crippen molar-refractivity contribution in [2.24, 2.45) is 5.92 Å². The number of fused-ring (bicyclic) bond motifs is 9. The maximum absolute atomic E-state index is 6.74. The Labute approximate surface area is 335 Å². The highest BCUT2D eigenvalue weighted by atomic mass is 32.1. The van der Waals surface area contributed by atoms with Gasteiger partial charge in [0, 0.05) is 48.3 Å². The van der Waals surface area contributed by atoms with Crippen LogP contribution in [0.4, 0.5) is 11.4 Å². The number of anilines is 2. The van der Waals surface area contributed by atoms with Crippen LogP contribution in [0.25, 0.3) is 54.8 Å². The van der Waals surface area contributed by atoms with Crippen molar-refractivity contribution < 1.29 is 4.42 Å². The van der Waals surface area contributed by atoms with E-state index < -0.39 is 0 Å². The van der Waals surface area contributed by atoms with E-state index in [9.17, 15) is 0 Å². The van der Waals surface area contributed by atoms with Gasteiger partial charge in [0.25, 0.3) is 0 Å². The van der Waals surface area contributed by atoms with Crippen molar-refractivity contribution in [3.05, 3.63) is 179 Å². The lowest BCUT2D eigenvalue weighted by Crippen LogP contribution is -2.66. The lowest BCUT2D eigenvalue weighted by molar-refractivity contribution is 0.194. The van der Waals surface area contributed by atoms with Crippen LogP contribution in [-0.4, -0.2) is 18.4 Å². The van der Waals surface area contributed by atoms with Gasteiger partial charge in [-0.05, 0) is 65.8 Å². The van der Waals surface area contributed by atoms with Crippen molar-refractivity contribution in [3.8, 4) is 11.1 Å². The van der Waals surface area contributed by atoms with E-state index in [2.05, 4.69) is 185 Å². The quantitative estimate of drug-likeness (QED) is 0.163. The molecule has 0 saturated carbocycles. The van der Waals surface area contributed by atoms with Crippen LogP contribution < -0.4 is 30.6 Å². The number of furan rings is 1. The van der Waals surface area contributed by atoms with Gasteiger partial charge in [0.2, 0.25) is 0 Å². The molecule has 0 radical (unpaired) electrons. The third kappa shape index (κ3) is 5.32. The van der Waals surface area contributed by atoms with E-state index in [0.717, 1.165) is 30.4 Å². The van der Waals surface area contributed by atoms with Gasteiger partial charge in [-0.25, -0.2) is 0 Å². The van der Waals surface area contributed by atoms with Crippen molar-refractivity contribution >= 4 is 66.4 Å². The van der Waals surface area contributed by atoms with E-state index in [4.69, 9.17) is 4.42 Å². The highest BCUT2D eigenvalue weighted by Crippen LogP contribution is 2.51. The minimum Gasteiger partial charge on any atom is -0.456 e. The van der Waals surface area contributed by atoms with Crippen LogP contribution in [0, 0.1) is 5.92 Å². The first-order chi connectivity index (χ1) is 28.3. The van der Waals surface area contributed by atoms with Gasteiger partial charge in [0.15, 0.2) is 0 Å². The normalized spacial score (nSPS) is 24.9. The van der Waals surface area contributed by atoms with Gasteiger partial charge < -0.3 is 9.32 Å². The highest BCUT2D eigenvalue weighted by molar-refractivity contribution is 7.17. The van der Waals surface area contributed by atoms with Gasteiger partial charge in [-0.3, -0.25) is 16.0 Å². The second kappa shape index (κ2) is 13.4. The average Bonchev–Trinajstić information content (AvgIpc) is 3.97. The lowest BCUT2D eigenvalue weighted by atomic mass is 9.91. The summed E-state index contributed by atoms with van der Waals surface area (Å²) in [6, 6.07) is 40.0. The number of para-hydroxylation sites is 1. The second-order valence-corrected chi connectivity index (χ2v) is 17.0. The van der Waals surface area contributed by atoms with E-state index in [1.54, 1.807) is 0 Å². The fraction of sp³-hybridized carbons (Fsp3) is 0.176. The summed E-state index contributed by atoms with van der Waals surface area (Å²) in [4.78, 5) is 2.54. The molecule has 3 aliphatic carbocycles. The predicted molar refractivity (Wildman–Crippen MR) is 237 cm³/mol. The first-order valence-electron chi connectivity index (χ1n) is 20.4. The Morgan fingerprint density at radius 2 is 1.42 bits per heavy atom. The molecule has 6 atom stereocenters. The summed E-state index contributed by atoms with van der Waals surface area (Å²) >= 11 is 1.94. The summed E-state index contributed by atoms with van der Waals surface area (Å²) in [7, 11) is 0. The Balaban J connectivity index is 1.03. The minimum absolute atomic E-state index is 0.0225. The number of allylic oxidation sites excluding steroid dienone is 5. The summed E-state index contributed by atoms with van der Waals surface area (Å²) in [5, 5.41) is 17.1. The molecule has 57 heavy (non-hydrogen) atoms. The van der Waals surface area contributed by atoms with Crippen molar-refractivity contribution in [2.45, 2.75) is 49.7 Å². The Hall–Kier alpha value is -5.76. The number of hydrogen-bond acceptors (Lipinski definition) is 6. The van der Waals surface area contributed by atoms with E-state index in [1.807, 2.05) is 11.3 Å². The van der Waals surface area contributed by atoms with E-state index in [-0.39, 0.29) is 24.5 Å². The molecular weight excluding hydrogens is 717 g/mol. The molecule has 6 heteroatoms. The molecule has 12 rings (SSSR count). The highest BCUT2D eigenvalue weighted by Gasteiger charge is 2.39. The maximum atomic E-state index is 6.74. The molecule has 2 aromatic heterocycles. The summed E-state index contributed by atoms with van der Waals surface area (Å²) in [5.74, 6) is 0.678. The number of nitrogens with one attached hydrogen (secondary N) is 3. The number of benzene rings is 5. The van der Waals surface area contributed by atoms with E-state index in [0.29, 0.717) is 11.8 Å². The number of nitrogens with zero attached hydrogens (tertiary/aromatic N) is 1. The van der Waals surface area contributed by atoms with Crippen LogP contribution in [-0.2, 0) is 0 Å². The summed E-state index contributed by atoms with van der Waals surface area (Å²) < 4.78 is 9.44. The molecule has 0 amide bonds. The molecule has 5 nitrogen and oxygen atoms in total. The summed E-state index contributed by atoms with van der Waals surface area (Å²) in [6.45, 7) is 0. The SMILES string of the molecule is C1=CCC(C2NC(C3=c4c(sc5c(-c6cccc7oc8cccc(N9c%10ccccc%10C%10C=CC=CC%109)c8c67)cccc45)=CCC3)NC(c3ccccc3)N2)C=C1. The fourth-order valence-corrected chi connectivity index (χ4v) is 11.6. The third-order valence-electron chi connectivity index (χ3n) is 12.8. The standard InChI is InChI=1S/C51H42N4OS/c1-3-15-31(16-4-1)49-52-50(32-17-5-2-6-18-32)54-51(53-49)38-24-13-30-44-45(38)37-23-11-22-36(48(37)57-44)35-21-12-28-42-46(35)47-41(27-14-29-43(47)56-42)55-39-25-9-7-19-33(39)34-20-8-10-26-40(34)55/h1-12,14-17,19-23,25-30,32-33,39,49-54H,13,18,24H2. The minimum atomic E-state index is 0.0225. The average molecular weight is 759 g/mol. The summed E-state index contributed by atoms with van der Waals surface area (Å²) in [5.41, 5.74) is 10.8. The molecule has 1 fully saturated rings. The van der Waals surface area contributed by atoms with Crippen molar-refractivity contribution in [1.82, 2.24) is 16.0 Å². The van der Waals surface area contributed by atoms with Gasteiger partial charge in [0.1, 0.15) is 11.2 Å². The summed E-state index contributed by atoms with van der Waals surface area (Å²) in [6.07, 6.45) is 23.8. The topological polar surface area (TPSA) is 52.5 Å². The number of hydrogen-bond donors (Lipinski definition) is 3. The monoisotopic (exact) mass is 758 g/mol. The molecule has 7 aromatic rings. The lowest BCUT2D eigenvalue weighted by Gasteiger charge is -2.43. The zero-order chi connectivity index (χ0) is 37.5. The largest absolute Gasteiger partial charge is 0.456 e. The van der Waals surface area contributed by atoms with Crippen molar-refractivity contribution in [2.75, 3.05) is 4.90 Å². The van der Waals surface area contributed by atoms with Gasteiger partial charge in [-0.2, -0.15) is 0 Å².